The number of benzene rings is 9. The van der Waals surface area contributed by atoms with Gasteiger partial charge in [0, 0.05) is 16.7 Å². The zero-order chi connectivity index (χ0) is 34.8. The molecule has 0 saturated carbocycles. The van der Waals surface area contributed by atoms with Gasteiger partial charge in [-0.25, -0.2) is 0 Å². The van der Waals surface area contributed by atoms with E-state index in [1.165, 1.54) is 82.5 Å². The summed E-state index contributed by atoms with van der Waals surface area (Å²) in [4.78, 5) is 2.54. The molecule has 1 heteroatoms. The highest BCUT2D eigenvalue weighted by Crippen LogP contribution is 2.56. The Labute approximate surface area is 305 Å². The van der Waals surface area contributed by atoms with Crippen LogP contribution in [-0.2, 0) is 5.41 Å². The minimum absolute atomic E-state index is 0.239. The Kier molecular flexibility index (Phi) is 6.91. The van der Waals surface area contributed by atoms with Crippen molar-refractivity contribution in [3.05, 3.63) is 199 Å². The predicted molar refractivity (Wildman–Crippen MR) is 222 cm³/mol. The fraction of sp³-hybridized carbons (Fsp3) is 0.0588. The van der Waals surface area contributed by atoms with Gasteiger partial charge < -0.3 is 4.90 Å². The van der Waals surface area contributed by atoms with Crippen molar-refractivity contribution in [2.75, 3.05) is 4.90 Å². The number of nitrogens with zero attached hydrogens (tertiary/aromatic N) is 1. The Morgan fingerprint density at radius 2 is 0.981 bits per heavy atom. The van der Waals surface area contributed by atoms with Crippen LogP contribution in [0, 0.1) is 0 Å². The van der Waals surface area contributed by atoms with Crippen LogP contribution in [0.4, 0.5) is 17.1 Å². The summed E-state index contributed by atoms with van der Waals surface area (Å²) in [6.45, 7) is 4.81. The third kappa shape index (κ3) is 4.70. The van der Waals surface area contributed by atoms with Crippen molar-refractivity contribution in [1.29, 1.82) is 0 Å². The van der Waals surface area contributed by atoms with Crippen LogP contribution in [-0.4, -0.2) is 0 Å². The highest BCUT2D eigenvalue weighted by molar-refractivity contribution is 6.12. The van der Waals surface area contributed by atoms with Crippen LogP contribution in [0.1, 0.15) is 25.0 Å². The molecule has 0 heterocycles. The summed E-state index contributed by atoms with van der Waals surface area (Å²) in [5, 5.41) is 7.50. The summed E-state index contributed by atoms with van der Waals surface area (Å²) in [5.41, 5.74) is 13.5. The second-order valence-electron chi connectivity index (χ2n) is 14.5. The summed E-state index contributed by atoms with van der Waals surface area (Å²) < 4.78 is 0. The molecule has 1 aliphatic carbocycles. The van der Waals surface area contributed by atoms with Crippen LogP contribution in [0.3, 0.4) is 0 Å². The molecule has 0 aliphatic heterocycles. The second-order valence-corrected chi connectivity index (χ2v) is 14.5. The Balaban J connectivity index is 1.31. The van der Waals surface area contributed by atoms with Gasteiger partial charge in [-0.2, -0.15) is 0 Å². The van der Waals surface area contributed by atoms with E-state index in [0.717, 1.165) is 11.4 Å². The minimum Gasteiger partial charge on any atom is -0.309 e. The molecule has 0 saturated heterocycles. The first kappa shape index (κ1) is 30.4. The van der Waals surface area contributed by atoms with Gasteiger partial charge in [0.15, 0.2) is 0 Å². The molecule has 0 fully saturated rings. The molecule has 9 aromatic rings. The van der Waals surface area contributed by atoms with Crippen LogP contribution in [0.15, 0.2) is 188 Å². The molecule has 246 valence electrons. The summed E-state index contributed by atoms with van der Waals surface area (Å²) in [5.74, 6) is 0. The van der Waals surface area contributed by atoms with Gasteiger partial charge in [-0.3, -0.25) is 0 Å². The Morgan fingerprint density at radius 1 is 0.385 bits per heavy atom. The van der Waals surface area contributed by atoms with E-state index in [0.29, 0.717) is 0 Å². The molecule has 0 radical (unpaired) electrons. The fourth-order valence-corrected chi connectivity index (χ4v) is 8.76. The van der Waals surface area contributed by atoms with E-state index in [-0.39, 0.29) is 5.41 Å². The number of hydrogen-bond donors (Lipinski definition) is 0. The molecule has 52 heavy (non-hydrogen) atoms. The van der Waals surface area contributed by atoms with E-state index in [1.54, 1.807) is 0 Å². The van der Waals surface area contributed by atoms with Gasteiger partial charge in [-0.15, -0.1) is 0 Å². The molecular formula is C51H37N. The Bertz CT molecular complexity index is 2820. The van der Waals surface area contributed by atoms with Gasteiger partial charge in [-0.1, -0.05) is 166 Å². The topological polar surface area (TPSA) is 3.24 Å². The van der Waals surface area contributed by atoms with E-state index < -0.39 is 0 Å². The van der Waals surface area contributed by atoms with Crippen LogP contribution in [0.2, 0.25) is 0 Å². The fourth-order valence-electron chi connectivity index (χ4n) is 8.76. The molecule has 1 nitrogen and oxygen atoms in total. The van der Waals surface area contributed by atoms with Gasteiger partial charge >= 0.3 is 0 Å². The maximum Gasteiger partial charge on any atom is 0.0546 e. The lowest BCUT2D eigenvalue weighted by molar-refractivity contribution is 0.661. The lowest BCUT2D eigenvalue weighted by Crippen LogP contribution is -2.21. The third-order valence-corrected chi connectivity index (χ3v) is 11.2. The quantitative estimate of drug-likeness (QED) is 0.177. The first-order valence-corrected chi connectivity index (χ1v) is 18.2. The lowest BCUT2D eigenvalue weighted by atomic mass is 9.80. The van der Waals surface area contributed by atoms with Crippen molar-refractivity contribution in [1.82, 2.24) is 0 Å². The van der Waals surface area contributed by atoms with Gasteiger partial charge in [0.05, 0.1) is 11.4 Å². The largest absolute Gasteiger partial charge is 0.309 e. The SMILES string of the molecule is CC1(C)c2cc3ccccc3cc2-c2cccc(N(c3cccc(-c4ccccc4)c3)c3ccc4ccccc4c3-c3cccc4ccccc34)c21. The summed E-state index contributed by atoms with van der Waals surface area (Å²) >= 11 is 0. The van der Waals surface area contributed by atoms with E-state index in [4.69, 9.17) is 0 Å². The molecule has 9 aromatic carbocycles. The Morgan fingerprint density at radius 3 is 1.79 bits per heavy atom. The van der Waals surface area contributed by atoms with E-state index in [1.807, 2.05) is 0 Å². The molecule has 0 aromatic heterocycles. The van der Waals surface area contributed by atoms with E-state index in [9.17, 15) is 0 Å². The van der Waals surface area contributed by atoms with Crippen molar-refractivity contribution in [3.8, 4) is 33.4 Å². The number of anilines is 3. The number of rotatable bonds is 5. The third-order valence-electron chi connectivity index (χ3n) is 11.2. The van der Waals surface area contributed by atoms with E-state index >= 15 is 0 Å². The molecule has 0 bridgehead atoms. The highest BCUT2D eigenvalue weighted by Gasteiger charge is 2.39. The van der Waals surface area contributed by atoms with Crippen LogP contribution in [0.5, 0.6) is 0 Å². The van der Waals surface area contributed by atoms with Gasteiger partial charge in [-0.05, 0) is 108 Å². The average Bonchev–Trinajstić information content (AvgIpc) is 3.42. The van der Waals surface area contributed by atoms with Gasteiger partial charge in [0.1, 0.15) is 0 Å². The average molecular weight is 664 g/mol. The van der Waals surface area contributed by atoms with E-state index in [2.05, 4.69) is 207 Å². The standard InChI is InChI=1S/C51H37N/c1-51(2)46-33-39-20-7-6-19-38(39)32-45(46)44-27-14-28-48(50(44)51)52(40-23-12-22-37(31-40)34-15-4-3-5-16-34)47-30-29-36-18-9-11-25-42(36)49(47)43-26-13-21-35-17-8-10-24-41(35)43/h3-33H,1-2H3. The second kappa shape index (κ2) is 11.8. The molecular weight excluding hydrogens is 627 g/mol. The summed E-state index contributed by atoms with van der Waals surface area (Å²) in [6.07, 6.45) is 0. The molecule has 10 rings (SSSR count). The molecule has 0 amide bonds. The van der Waals surface area contributed by atoms with Crippen LogP contribution in [0.25, 0.3) is 65.7 Å². The maximum absolute atomic E-state index is 2.54. The minimum atomic E-state index is -0.239. The van der Waals surface area contributed by atoms with Crippen LogP contribution < -0.4 is 4.90 Å². The van der Waals surface area contributed by atoms with Gasteiger partial charge in [0.2, 0.25) is 0 Å². The molecule has 0 N–H and O–H groups in total. The monoisotopic (exact) mass is 663 g/mol. The number of hydrogen-bond acceptors (Lipinski definition) is 1. The summed E-state index contributed by atoms with van der Waals surface area (Å²) in [6, 6.07) is 69.3. The van der Waals surface area contributed by atoms with Crippen molar-refractivity contribution in [3.63, 3.8) is 0 Å². The molecule has 0 spiro atoms. The first-order chi connectivity index (χ1) is 25.6. The van der Waals surface area contributed by atoms with Crippen LogP contribution >= 0.6 is 0 Å². The Hall–Kier alpha value is -6.44. The molecule has 0 unspecified atom stereocenters. The lowest BCUT2D eigenvalue weighted by Gasteiger charge is -2.34. The summed E-state index contributed by atoms with van der Waals surface area (Å²) in [7, 11) is 0. The van der Waals surface area contributed by atoms with Crippen molar-refractivity contribution in [2.24, 2.45) is 0 Å². The normalized spacial score (nSPS) is 13.0. The van der Waals surface area contributed by atoms with Gasteiger partial charge in [0.25, 0.3) is 0 Å². The number of fused-ring (bicyclic) bond motifs is 6. The highest BCUT2D eigenvalue weighted by atomic mass is 15.1. The first-order valence-electron chi connectivity index (χ1n) is 18.2. The molecule has 0 atom stereocenters. The zero-order valence-corrected chi connectivity index (χ0v) is 29.3. The van der Waals surface area contributed by atoms with Crippen molar-refractivity contribution >= 4 is 49.4 Å². The smallest absolute Gasteiger partial charge is 0.0546 e. The zero-order valence-electron chi connectivity index (χ0n) is 29.3. The van der Waals surface area contributed by atoms with Crippen molar-refractivity contribution in [2.45, 2.75) is 19.3 Å². The maximum atomic E-state index is 2.54. The predicted octanol–water partition coefficient (Wildman–Crippen LogP) is 14.3. The van der Waals surface area contributed by atoms with Crippen molar-refractivity contribution < 1.29 is 0 Å². The molecule has 1 aliphatic rings.